The smallest absolute Gasteiger partial charge is 0.274 e. The molecule has 1 aliphatic carbocycles. The van der Waals surface area contributed by atoms with E-state index < -0.39 is 40.7 Å². The van der Waals surface area contributed by atoms with Gasteiger partial charge in [0.15, 0.2) is 0 Å². The standard InChI is InChI=1S/C12H11FN2O4/c13-8-5-14-9(16)6-3-1-2-4-7(6)10(17)15(11(8)18)12(14)19/h5-7H,1-4H2. The fourth-order valence-electron chi connectivity index (χ4n) is 2.94. The molecule has 19 heavy (non-hydrogen) atoms. The summed E-state index contributed by atoms with van der Waals surface area (Å²) < 4.78 is 14.3. The van der Waals surface area contributed by atoms with Crippen molar-refractivity contribution in [2.75, 3.05) is 0 Å². The number of carbonyl (C=O) groups is 2. The second-order valence-corrected chi connectivity index (χ2v) is 4.94. The van der Waals surface area contributed by atoms with Crippen LogP contribution < -0.4 is 11.2 Å². The first-order chi connectivity index (χ1) is 9.02. The predicted octanol–water partition coefficient (Wildman–Crippen LogP) is 0.249. The number of hydrogen-bond acceptors (Lipinski definition) is 4. The summed E-state index contributed by atoms with van der Waals surface area (Å²) in [6, 6.07) is 0. The Morgan fingerprint density at radius 2 is 1.58 bits per heavy atom. The summed E-state index contributed by atoms with van der Waals surface area (Å²) in [4.78, 5) is 47.9. The zero-order valence-corrected chi connectivity index (χ0v) is 9.97. The summed E-state index contributed by atoms with van der Waals surface area (Å²) in [5, 5.41) is 0. The van der Waals surface area contributed by atoms with E-state index in [1.807, 2.05) is 0 Å². The van der Waals surface area contributed by atoms with Crippen molar-refractivity contribution in [2.24, 2.45) is 11.8 Å². The molecule has 2 heterocycles. The molecule has 3 rings (SSSR count). The van der Waals surface area contributed by atoms with Gasteiger partial charge in [-0.15, -0.1) is 0 Å². The molecular formula is C12H11FN2O4. The quantitative estimate of drug-likeness (QED) is 0.674. The van der Waals surface area contributed by atoms with E-state index in [1.165, 1.54) is 0 Å². The van der Waals surface area contributed by atoms with Gasteiger partial charge in [-0.25, -0.2) is 9.36 Å². The fraction of sp³-hybridized carbons (Fsp3) is 0.500. The zero-order valence-electron chi connectivity index (χ0n) is 9.97. The topological polar surface area (TPSA) is 78.1 Å². The summed E-state index contributed by atoms with van der Waals surface area (Å²) in [7, 11) is 0. The number of nitrogens with zero attached hydrogens (tertiary/aromatic N) is 2. The van der Waals surface area contributed by atoms with E-state index in [0.29, 0.717) is 23.6 Å². The molecule has 2 aliphatic rings. The summed E-state index contributed by atoms with van der Waals surface area (Å²) in [6.45, 7) is 0. The molecule has 0 N–H and O–H groups in total. The van der Waals surface area contributed by atoms with Gasteiger partial charge >= 0.3 is 5.69 Å². The molecule has 7 heteroatoms. The van der Waals surface area contributed by atoms with E-state index in [1.54, 1.807) is 0 Å². The Bertz CT molecular complexity index is 703. The summed E-state index contributed by atoms with van der Waals surface area (Å²) >= 11 is 0. The first-order valence-corrected chi connectivity index (χ1v) is 6.15. The van der Waals surface area contributed by atoms with Gasteiger partial charge in [0.25, 0.3) is 5.56 Å². The molecule has 1 aromatic rings. The van der Waals surface area contributed by atoms with Gasteiger partial charge in [0.05, 0.1) is 18.0 Å². The van der Waals surface area contributed by atoms with Crippen molar-refractivity contribution in [1.82, 2.24) is 9.13 Å². The van der Waals surface area contributed by atoms with Crippen molar-refractivity contribution in [2.45, 2.75) is 25.7 Å². The minimum Gasteiger partial charge on any atom is -0.274 e. The normalized spacial score (nSPS) is 25.9. The summed E-state index contributed by atoms with van der Waals surface area (Å²) in [6.07, 6.45) is 3.06. The summed E-state index contributed by atoms with van der Waals surface area (Å²) in [5.41, 5.74) is -2.33. The molecule has 0 amide bonds. The highest BCUT2D eigenvalue weighted by Crippen LogP contribution is 2.32. The molecule has 0 radical (unpaired) electrons. The van der Waals surface area contributed by atoms with Crippen molar-refractivity contribution in [3.8, 4) is 0 Å². The zero-order chi connectivity index (χ0) is 13.7. The minimum absolute atomic E-state index is 0.267. The Morgan fingerprint density at radius 3 is 2.21 bits per heavy atom. The van der Waals surface area contributed by atoms with Crippen LogP contribution in [0.5, 0.6) is 0 Å². The predicted molar refractivity (Wildman–Crippen MR) is 61.6 cm³/mol. The van der Waals surface area contributed by atoms with Crippen LogP contribution in [-0.4, -0.2) is 20.9 Å². The van der Waals surface area contributed by atoms with Crippen LogP contribution in [-0.2, 0) is 0 Å². The molecule has 2 atom stereocenters. The molecule has 6 nitrogen and oxygen atoms in total. The summed E-state index contributed by atoms with van der Waals surface area (Å²) in [5.74, 6) is -3.93. The third kappa shape index (κ3) is 1.54. The monoisotopic (exact) mass is 266 g/mol. The Labute approximate surface area is 106 Å². The van der Waals surface area contributed by atoms with E-state index in [0.717, 1.165) is 12.8 Å². The molecule has 1 aliphatic heterocycles. The van der Waals surface area contributed by atoms with Crippen molar-refractivity contribution < 1.29 is 14.0 Å². The molecule has 2 bridgehead atoms. The lowest BCUT2D eigenvalue weighted by Crippen LogP contribution is -2.45. The molecule has 100 valence electrons. The Kier molecular flexibility index (Phi) is 2.51. The van der Waals surface area contributed by atoms with Crippen molar-refractivity contribution in [1.29, 1.82) is 0 Å². The van der Waals surface area contributed by atoms with Gasteiger partial charge in [-0.1, -0.05) is 12.8 Å². The van der Waals surface area contributed by atoms with Crippen LogP contribution in [0, 0.1) is 17.7 Å². The van der Waals surface area contributed by atoms with Crippen LogP contribution in [0.3, 0.4) is 0 Å². The molecule has 0 aromatic carbocycles. The number of halogens is 1. The molecular weight excluding hydrogens is 255 g/mol. The van der Waals surface area contributed by atoms with E-state index >= 15 is 0 Å². The Hall–Kier alpha value is -2.05. The van der Waals surface area contributed by atoms with Gasteiger partial charge in [-0.3, -0.25) is 14.4 Å². The van der Waals surface area contributed by atoms with Gasteiger partial charge < -0.3 is 0 Å². The van der Waals surface area contributed by atoms with Gasteiger partial charge in [-0.2, -0.15) is 8.96 Å². The number of hydrogen-bond donors (Lipinski definition) is 0. The van der Waals surface area contributed by atoms with Crippen LogP contribution >= 0.6 is 0 Å². The second kappa shape index (κ2) is 3.97. The number of aromatic nitrogens is 2. The first-order valence-electron chi connectivity index (χ1n) is 6.15. The lowest BCUT2D eigenvalue weighted by Gasteiger charge is -2.26. The molecule has 1 fully saturated rings. The van der Waals surface area contributed by atoms with Crippen molar-refractivity contribution >= 4 is 11.8 Å². The fourth-order valence-corrected chi connectivity index (χ4v) is 2.94. The van der Waals surface area contributed by atoms with Crippen LogP contribution in [0.1, 0.15) is 35.3 Å². The molecule has 0 saturated heterocycles. The van der Waals surface area contributed by atoms with Gasteiger partial charge in [0.2, 0.25) is 17.6 Å². The largest absolute Gasteiger partial charge is 0.344 e. The van der Waals surface area contributed by atoms with E-state index in [2.05, 4.69) is 0 Å². The SMILES string of the molecule is O=C1C2CCCCC2C(=O)n2c(=O)c(F)cn1c2=O. The molecule has 2 unspecified atom stereocenters. The lowest BCUT2D eigenvalue weighted by molar-refractivity contribution is 0.0633. The highest BCUT2D eigenvalue weighted by Gasteiger charge is 2.42. The highest BCUT2D eigenvalue weighted by molar-refractivity contribution is 5.92. The van der Waals surface area contributed by atoms with Crippen molar-refractivity contribution in [3.63, 3.8) is 0 Å². The Morgan fingerprint density at radius 1 is 1.00 bits per heavy atom. The van der Waals surface area contributed by atoms with Gasteiger partial charge in [0.1, 0.15) is 0 Å². The third-order valence-corrected chi connectivity index (χ3v) is 3.91. The molecule has 0 spiro atoms. The maximum absolute atomic E-state index is 13.4. The van der Waals surface area contributed by atoms with Crippen molar-refractivity contribution in [3.05, 3.63) is 32.9 Å². The first kappa shape index (κ1) is 12.0. The Balaban J connectivity index is 2.34. The van der Waals surface area contributed by atoms with Crippen LogP contribution in [0.4, 0.5) is 4.39 Å². The number of rotatable bonds is 0. The van der Waals surface area contributed by atoms with Crippen LogP contribution in [0.25, 0.3) is 0 Å². The molecule has 1 saturated carbocycles. The van der Waals surface area contributed by atoms with Crippen LogP contribution in [0.2, 0.25) is 0 Å². The second-order valence-electron chi connectivity index (χ2n) is 4.94. The van der Waals surface area contributed by atoms with Crippen LogP contribution in [0.15, 0.2) is 15.8 Å². The maximum atomic E-state index is 13.4. The average Bonchev–Trinajstić information content (AvgIpc) is 2.46. The number of carbonyl (C=O) groups excluding carboxylic acids is 2. The van der Waals surface area contributed by atoms with Gasteiger partial charge in [-0.05, 0) is 12.8 Å². The lowest BCUT2D eigenvalue weighted by atomic mass is 9.78. The van der Waals surface area contributed by atoms with E-state index in [4.69, 9.17) is 0 Å². The minimum atomic E-state index is -1.27. The third-order valence-electron chi connectivity index (χ3n) is 3.91. The number of fused-ring (bicyclic) bond motifs is 3. The molecule has 1 aromatic heterocycles. The highest BCUT2D eigenvalue weighted by atomic mass is 19.1. The van der Waals surface area contributed by atoms with Gasteiger partial charge in [0, 0.05) is 0 Å². The van der Waals surface area contributed by atoms with E-state index in [9.17, 15) is 23.6 Å². The van der Waals surface area contributed by atoms with E-state index in [-0.39, 0.29) is 4.57 Å². The average molecular weight is 266 g/mol. The maximum Gasteiger partial charge on any atom is 0.344 e.